The average molecular weight is 551 g/mol. The lowest BCUT2D eigenvalue weighted by Crippen LogP contribution is -2.16. The number of thiophene rings is 1. The number of rotatable bonds is 10. The number of benzene rings is 1. The van der Waals surface area contributed by atoms with Gasteiger partial charge in [-0.15, -0.1) is 11.3 Å². The Bertz CT molecular complexity index is 1350. The number of halogens is 1. The number of nitro benzene ring substituents is 1. The SMILES string of the molecule is CCOC(=O)c1sc(NC(=O)c2ccc(COc3ccc([N+](=O)[O-])cc3Cl)o2)c(C(=O)OC(C)C)c1C. The Morgan fingerprint density at radius 2 is 1.92 bits per heavy atom. The Morgan fingerprint density at radius 3 is 2.54 bits per heavy atom. The van der Waals surface area contributed by atoms with Gasteiger partial charge in [-0.05, 0) is 51.5 Å². The van der Waals surface area contributed by atoms with Gasteiger partial charge in [0.05, 0.1) is 28.2 Å². The third kappa shape index (κ3) is 6.66. The van der Waals surface area contributed by atoms with Crippen molar-refractivity contribution in [3.8, 4) is 5.75 Å². The molecule has 196 valence electrons. The van der Waals surface area contributed by atoms with Crippen molar-refractivity contribution in [2.75, 3.05) is 11.9 Å². The van der Waals surface area contributed by atoms with Crippen LogP contribution in [0, 0.1) is 17.0 Å². The molecule has 1 amide bonds. The molecule has 1 aromatic carbocycles. The molecular weight excluding hydrogens is 528 g/mol. The van der Waals surface area contributed by atoms with Crippen LogP contribution in [-0.2, 0) is 16.1 Å². The number of nitrogens with one attached hydrogen (secondary N) is 1. The number of anilines is 1. The number of amides is 1. The van der Waals surface area contributed by atoms with Crippen LogP contribution < -0.4 is 10.1 Å². The summed E-state index contributed by atoms with van der Waals surface area (Å²) in [6.07, 6.45) is -0.418. The molecule has 0 unspecified atom stereocenters. The Labute approximate surface area is 220 Å². The van der Waals surface area contributed by atoms with Crippen molar-refractivity contribution < 1.29 is 37.9 Å². The van der Waals surface area contributed by atoms with Crippen LogP contribution >= 0.6 is 22.9 Å². The van der Waals surface area contributed by atoms with Crippen molar-refractivity contribution in [2.45, 2.75) is 40.4 Å². The van der Waals surface area contributed by atoms with Crippen LogP contribution in [0.5, 0.6) is 5.75 Å². The molecule has 1 N–H and O–H groups in total. The summed E-state index contributed by atoms with van der Waals surface area (Å²) in [6, 6.07) is 6.68. The molecular formula is C24H23ClN2O9S. The van der Waals surface area contributed by atoms with E-state index in [1.165, 1.54) is 24.3 Å². The van der Waals surface area contributed by atoms with Crippen molar-refractivity contribution in [3.63, 3.8) is 0 Å². The van der Waals surface area contributed by atoms with Gasteiger partial charge in [0.15, 0.2) is 5.76 Å². The van der Waals surface area contributed by atoms with Crippen molar-refractivity contribution in [3.05, 3.63) is 73.0 Å². The first-order valence-electron chi connectivity index (χ1n) is 11.0. The van der Waals surface area contributed by atoms with E-state index in [0.29, 0.717) is 5.56 Å². The molecule has 0 aliphatic heterocycles. The zero-order valence-electron chi connectivity index (χ0n) is 20.3. The summed E-state index contributed by atoms with van der Waals surface area (Å²) in [5, 5.41) is 13.6. The highest BCUT2D eigenvalue weighted by Gasteiger charge is 2.28. The molecule has 0 atom stereocenters. The number of ether oxygens (including phenoxy) is 3. The minimum atomic E-state index is -0.692. The molecule has 2 heterocycles. The molecule has 0 aliphatic rings. The van der Waals surface area contributed by atoms with E-state index >= 15 is 0 Å². The van der Waals surface area contributed by atoms with Crippen LogP contribution in [0.4, 0.5) is 10.7 Å². The molecule has 11 nitrogen and oxygen atoms in total. The normalized spacial score (nSPS) is 10.8. The third-order valence-electron chi connectivity index (χ3n) is 4.76. The molecule has 0 aliphatic carbocycles. The number of hydrogen-bond acceptors (Lipinski definition) is 10. The van der Waals surface area contributed by atoms with Gasteiger partial charge < -0.3 is 23.9 Å². The monoisotopic (exact) mass is 550 g/mol. The summed E-state index contributed by atoms with van der Waals surface area (Å²) in [5.41, 5.74) is 0.205. The predicted molar refractivity (Wildman–Crippen MR) is 135 cm³/mol. The molecule has 0 saturated carbocycles. The van der Waals surface area contributed by atoms with E-state index in [9.17, 15) is 24.5 Å². The fourth-order valence-electron chi connectivity index (χ4n) is 3.12. The number of nitro groups is 1. The minimum Gasteiger partial charge on any atom is -0.484 e. The summed E-state index contributed by atoms with van der Waals surface area (Å²) >= 11 is 6.92. The van der Waals surface area contributed by atoms with Gasteiger partial charge in [-0.25, -0.2) is 9.59 Å². The summed E-state index contributed by atoms with van der Waals surface area (Å²) in [7, 11) is 0. The first-order chi connectivity index (χ1) is 17.5. The molecule has 0 bridgehead atoms. The Hall–Kier alpha value is -3.90. The lowest BCUT2D eigenvalue weighted by Gasteiger charge is -2.10. The van der Waals surface area contributed by atoms with Crippen molar-refractivity contribution in [2.24, 2.45) is 0 Å². The van der Waals surface area contributed by atoms with Crippen LogP contribution in [-0.4, -0.2) is 35.5 Å². The second-order valence-electron chi connectivity index (χ2n) is 7.82. The molecule has 0 spiro atoms. The van der Waals surface area contributed by atoms with E-state index in [-0.39, 0.29) is 56.6 Å². The maximum atomic E-state index is 12.9. The van der Waals surface area contributed by atoms with Gasteiger partial charge in [0.25, 0.3) is 11.6 Å². The predicted octanol–water partition coefficient (Wildman–Crippen LogP) is 5.78. The van der Waals surface area contributed by atoms with E-state index in [0.717, 1.165) is 17.4 Å². The van der Waals surface area contributed by atoms with Crippen LogP contribution in [0.2, 0.25) is 5.02 Å². The molecule has 0 saturated heterocycles. The lowest BCUT2D eigenvalue weighted by atomic mass is 10.1. The Kier molecular flexibility index (Phi) is 8.90. The quantitative estimate of drug-likeness (QED) is 0.188. The van der Waals surface area contributed by atoms with Gasteiger partial charge in [-0.3, -0.25) is 14.9 Å². The minimum absolute atomic E-state index is 0.0463. The van der Waals surface area contributed by atoms with Crippen LogP contribution in [0.1, 0.15) is 62.7 Å². The molecule has 0 radical (unpaired) electrons. The van der Waals surface area contributed by atoms with Gasteiger partial charge in [-0.1, -0.05) is 11.6 Å². The van der Waals surface area contributed by atoms with Crippen LogP contribution in [0.15, 0.2) is 34.7 Å². The standard InChI is InChI=1S/C24H23ClN2O9S/c1-5-33-24(30)20-13(4)19(23(29)35-12(2)3)22(37-20)26-21(28)18-9-7-15(36-18)11-34-17-8-6-14(27(31)32)10-16(17)25/h6-10,12H,5,11H2,1-4H3,(H,26,28). The molecule has 3 rings (SSSR count). The van der Waals surface area contributed by atoms with Crippen LogP contribution in [0.25, 0.3) is 0 Å². The maximum absolute atomic E-state index is 12.9. The van der Waals surface area contributed by atoms with E-state index in [1.54, 1.807) is 27.7 Å². The summed E-state index contributed by atoms with van der Waals surface area (Å²) in [6.45, 7) is 6.63. The van der Waals surface area contributed by atoms with E-state index in [1.807, 2.05) is 0 Å². The van der Waals surface area contributed by atoms with Crippen LogP contribution in [0.3, 0.4) is 0 Å². The largest absolute Gasteiger partial charge is 0.484 e. The van der Waals surface area contributed by atoms with Crippen molar-refractivity contribution in [1.29, 1.82) is 0 Å². The summed E-state index contributed by atoms with van der Waals surface area (Å²) in [5.74, 6) is -1.60. The number of nitrogens with zero attached hydrogens (tertiary/aromatic N) is 1. The van der Waals surface area contributed by atoms with Crippen molar-refractivity contribution >= 4 is 51.5 Å². The van der Waals surface area contributed by atoms with Gasteiger partial charge in [0.1, 0.15) is 28.0 Å². The first-order valence-corrected chi connectivity index (χ1v) is 12.2. The molecule has 37 heavy (non-hydrogen) atoms. The highest BCUT2D eigenvalue weighted by molar-refractivity contribution is 7.18. The second-order valence-corrected chi connectivity index (χ2v) is 9.24. The third-order valence-corrected chi connectivity index (χ3v) is 6.25. The summed E-state index contributed by atoms with van der Waals surface area (Å²) < 4.78 is 21.4. The highest BCUT2D eigenvalue weighted by atomic mass is 35.5. The number of carbonyl (C=O) groups excluding carboxylic acids is 3. The summed E-state index contributed by atoms with van der Waals surface area (Å²) in [4.78, 5) is 48.4. The number of non-ortho nitro benzene ring substituents is 1. The van der Waals surface area contributed by atoms with E-state index in [2.05, 4.69) is 5.32 Å². The van der Waals surface area contributed by atoms with Crippen molar-refractivity contribution in [1.82, 2.24) is 0 Å². The number of carbonyl (C=O) groups is 3. The molecule has 0 fully saturated rings. The maximum Gasteiger partial charge on any atom is 0.348 e. The highest BCUT2D eigenvalue weighted by Crippen LogP contribution is 2.35. The fraction of sp³-hybridized carbons (Fsp3) is 0.292. The topological polar surface area (TPSA) is 147 Å². The molecule has 3 aromatic rings. The average Bonchev–Trinajstić information content (AvgIpc) is 3.42. The fourth-order valence-corrected chi connectivity index (χ4v) is 4.44. The first kappa shape index (κ1) is 27.7. The van der Waals surface area contributed by atoms with Gasteiger partial charge >= 0.3 is 11.9 Å². The zero-order valence-corrected chi connectivity index (χ0v) is 21.9. The smallest absolute Gasteiger partial charge is 0.348 e. The molecule has 13 heteroatoms. The van der Waals surface area contributed by atoms with E-state index in [4.69, 9.17) is 30.2 Å². The Morgan fingerprint density at radius 1 is 1.19 bits per heavy atom. The second kappa shape index (κ2) is 11.9. The van der Waals surface area contributed by atoms with Gasteiger partial charge in [-0.2, -0.15) is 0 Å². The Balaban J connectivity index is 1.77. The number of furan rings is 1. The number of hydrogen-bond donors (Lipinski definition) is 1. The zero-order chi connectivity index (χ0) is 27.3. The van der Waals surface area contributed by atoms with Gasteiger partial charge in [0, 0.05) is 12.1 Å². The van der Waals surface area contributed by atoms with E-state index < -0.39 is 28.9 Å². The number of esters is 2. The lowest BCUT2D eigenvalue weighted by molar-refractivity contribution is -0.384. The van der Waals surface area contributed by atoms with Gasteiger partial charge in [0.2, 0.25) is 0 Å². The molecule has 2 aromatic heterocycles.